The largest absolute Gasteiger partial charge is 0.493 e. The Bertz CT molecular complexity index is 515. The van der Waals surface area contributed by atoms with E-state index in [9.17, 15) is 0 Å². The Morgan fingerprint density at radius 3 is 2.17 bits per heavy atom. The fourth-order valence-corrected chi connectivity index (χ4v) is 2.27. The third-order valence-corrected chi connectivity index (χ3v) is 3.89. The zero-order chi connectivity index (χ0) is 16.8. The average Bonchev–Trinajstić information content (AvgIpc) is 2.53. The monoisotopic (exact) mass is 435 g/mol. The molecule has 0 aliphatic carbocycles. The lowest BCUT2D eigenvalue weighted by Crippen LogP contribution is -2.38. The Labute approximate surface area is 157 Å². The molecule has 0 aliphatic rings. The topological polar surface area (TPSA) is 60.1 Å². The van der Waals surface area contributed by atoms with Gasteiger partial charge >= 0.3 is 0 Å². The van der Waals surface area contributed by atoms with Crippen molar-refractivity contribution in [1.29, 1.82) is 0 Å². The van der Waals surface area contributed by atoms with Crippen LogP contribution < -0.4 is 15.2 Å². The molecule has 0 atom stereocenters. The standard InChI is InChI=1S/C17H29N3O2.HI/c1-7-20(8-2)16(18)19-12-17(3,4)13-9-10-14(21-5)15(11-13)22-6;/h9-11H,7-8,12H2,1-6H3,(H2,18,19);1H. The van der Waals surface area contributed by atoms with Gasteiger partial charge in [-0.1, -0.05) is 19.9 Å². The fraction of sp³-hybridized carbons (Fsp3) is 0.588. The zero-order valence-corrected chi connectivity index (χ0v) is 17.4. The Hall–Kier alpha value is -1.18. The van der Waals surface area contributed by atoms with Crippen molar-refractivity contribution in [1.82, 2.24) is 4.90 Å². The number of nitrogens with two attached hydrogens (primary N) is 1. The molecule has 23 heavy (non-hydrogen) atoms. The second-order valence-electron chi connectivity index (χ2n) is 5.80. The summed E-state index contributed by atoms with van der Waals surface area (Å²) >= 11 is 0. The summed E-state index contributed by atoms with van der Waals surface area (Å²) in [4.78, 5) is 6.61. The molecule has 0 unspecified atom stereocenters. The maximum Gasteiger partial charge on any atom is 0.191 e. The van der Waals surface area contributed by atoms with E-state index in [1.54, 1.807) is 14.2 Å². The van der Waals surface area contributed by atoms with Crippen LogP contribution in [-0.2, 0) is 5.41 Å². The highest BCUT2D eigenvalue weighted by Crippen LogP contribution is 2.33. The van der Waals surface area contributed by atoms with Crippen molar-refractivity contribution < 1.29 is 9.47 Å². The fourth-order valence-electron chi connectivity index (χ4n) is 2.27. The predicted octanol–water partition coefficient (Wildman–Crippen LogP) is 3.26. The molecular weight excluding hydrogens is 405 g/mol. The smallest absolute Gasteiger partial charge is 0.191 e. The van der Waals surface area contributed by atoms with Crippen LogP contribution >= 0.6 is 24.0 Å². The molecule has 0 amide bonds. The van der Waals surface area contributed by atoms with Crippen LogP contribution in [-0.4, -0.2) is 44.7 Å². The maximum atomic E-state index is 6.06. The van der Waals surface area contributed by atoms with E-state index in [4.69, 9.17) is 15.2 Å². The predicted molar refractivity (Wildman–Crippen MR) is 107 cm³/mol. The van der Waals surface area contributed by atoms with Crippen molar-refractivity contribution in [3.8, 4) is 11.5 Å². The van der Waals surface area contributed by atoms with Crippen LogP contribution in [0.3, 0.4) is 0 Å². The van der Waals surface area contributed by atoms with Crippen molar-refractivity contribution in [3.05, 3.63) is 23.8 Å². The molecule has 1 aromatic carbocycles. The summed E-state index contributed by atoms with van der Waals surface area (Å²) in [7, 11) is 3.28. The molecule has 0 heterocycles. The van der Waals surface area contributed by atoms with E-state index in [1.165, 1.54) is 0 Å². The first-order chi connectivity index (χ1) is 10.4. The highest BCUT2D eigenvalue weighted by Gasteiger charge is 2.22. The van der Waals surface area contributed by atoms with E-state index in [0.29, 0.717) is 12.5 Å². The van der Waals surface area contributed by atoms with Crippen LogP contribution in [0.5, 0.6) is 11.5 Å². The van der Waals surface area contributed by atoms with Crippen LogP contribution in [0.25, 0.3) is 0 Å². The van der Waals surface area contributed by atoms with E-state index < -0.39 is 0 Å². The molecular formula is C17H30IN3O2. The first-order valence-electron chi connectivity index (χ1n) is 7.67. The third kappa shape index (κ3) is 5.75. The Morgan fingerprint density at radius 2 is 1.70 bits per heavy atom. The Balaban J connectivity index is 0.00000484. The Kier molecular flexibility index (Phi) is 9.34. The number of aliphatic imine (C=N–C) groups is 1. The van der Waals surface area contributed by atoms with Crippen molar-refractivity contribution in [3.63, 3.8) is 0 Å². The lowest BCUT2D eigenvalue weighted by Gasteiger charge is -2.26. The summed E-state index contributed by atoms with van der Waals surface area (Å²) in [6, 6.07) is 5.97. The lowest BCUT2D eigenvalue weighted by atomic mass is 9.84. The van der Waals surface area contributed by atoms with Gasteiger partial charge in [0.25, 0.3) is 0 Å². The minimum Gasteiger partial charge on any atom is -0.493 e. The van der Waals surface area contributed by atoms with Crippen LogP contribution in [0.15, 0.2) is 23.2 Å². The van der Waals surface area contributed by atoms with E-state index in [1.807, 2.05) is 23.1 Å². The van der Waals surface area contributed by atoms with Crippen LogP contribution in [0.1, 0.15) is 33.3 Å². The molecule has 0 spiro atoms. The molecule has 5 nitrogen and oxygen atoms in total. The number of halogens is 1. The number of methoxy groups -OCH3 is 2. The van der Waals surface area contributed by atoms with E-state index >= 15 is 0 Å². The van der Waals surface area contributed by atoms with Gasteiger partial charge in [0.1, 0.15) is 0 Å². The van der Waals surface area contributed by atoms with Gasteiger partial charge < -0.3 is 20.1 Å². The van der Waals surface area contributed by atoms with E-state index in [2.05, 4.69) is 32.7 Å². The molecule has 0 saturated carbocycles. The van der Waals surface area contributed by atoms with E-state index in [-0.39, 0.29) is 29.4 Å². The zero-order valence-electron chi connectivity index (χ0n) is 15.0. The molecule has 0 aromatic heterocycles. The van der Waals surface area contributed by atoms with Gasteiger partial charge in [-0.3, -0.25) is 4.99 Å². The summed E-state index contributed by atoms with van der Waals surface area (Å²) in [6.45, 7) is 10.8. The quantitative estimate of drug-likeness (QED) is 0.406. The van der Waals surface area contributed by atoms with Gasteiger partial charge in [0.2, 0.25) is 0 Å². The minimum atomic E-state index is -0.142. The second kappa shape index (κ2) is 9.85. The van der Waals surface area contributed by atoms with Gasteiger partial charge in [-0.25, -0.2) is 0 Å². The Morgan fingerprint density at radius 1 is 1.13 bits per heavy atom. The van der Waals surface area contributed by atoms with Crippen LogP contribution in [0, 0.1) is 0 Å². The van der Waals surface area contributed by atoms with Crippen molar-refractivity contribution in [2.75, 3.05) is 33.9 Å². The highest BCUT2D eigenvalue weighted by molar-refractivity contribution is 14.0. The van der Waals surface area contributed by atoms with Crippen molar-refractivity contribution in [2.45, 2.75) is 33.1 Å². The van der Waals surface area contributed by atoms with E-state index in [0.717, 1.165) is 30.2 Å². The molecule has 6 heteroatoms. The number of hydrogen-bond donors (Lipinski definition) is 1. The summed E-state index contributed by atoms with van der Waals surface area (Å²) in [6.07, 6.45) is 0. The summed E-state index contributed by atoms with van der Waals surface area (Å²) in [5.41, 5.74) is 7.06. The van der Waals surface area contributed by atoms with Gasteiger partial charge in [0.05, 0.1) is 20.8 Å². The first kappa shape index (κ1) is 21.8. The molecule has 132 valence electrons. The molecule has 1 rings (SSSR count). The molecule has 2 N–H and O–H groups in total. The van der Waals surface area contributed by atoms with Crippen molar-refractivity contribution >= 4 is 29.9 Å². The number of benzene rings is 1. The highest BCUT2D eigenvalue weighted by atomic mass is 127. The molecule has 0 fully saturated rings. The third-order valence-electron chi connectivity index (χ3n) is 3.89. The number of rotatable bonds is 7. The molecule has 0 saturated heterocycles. The number of hydrogen-bond acceptors (Lipinski definition) is 3. The van der Waals surface area contributed by atoms with Crippen LogP contribution in [0.2, 0.25) is 0 Å². The van der Waals surface area contributed by atoms with Gasteiger partial charge in [0, 0.05) is 18.5 Å². The van der Waals surface area contributed by atoms with Gasteiger partial charge in [-0.2, -0.15) is 0 Å². The summed E-state index contributed by atoms with van der Waals surface area (Å²) in [5, 5.41) is 0. The van der Waals surface area contributed by atoms with Gasteiger partial charge in [-0.05, 0) is 31.5 Å². The number of guanidine groups is 1. The molecule has 1 aromatic rings. The van der Waals surface area contributed by atoms with Gasteiger partial charge in [-0.15, -0.1) is 24.0 Å². The van der Waals surface area contributed by atoms with Gasteiger partial charge in [0.15, 0.2) is 17.5 Å². The minimum absolute atomic E-state index is 0. The number of nitrogens with zero attached hydrogens (tertiary/aromatic N) is 2. The van der Waals surface area contributed by atoms with Crippen LogP contribution in [0.4, 0.5) is 0 Å². The normalized spacial score (nSPS) is 11.7. The molecule has 0 radical (unpaired) electrons. The lowest BCUT2D eigenvalue weighted by molar-refractivity contribution is 0.353. The SMILES string of the molecule is CCN(CC)C(N)=NCC(C)(C)c1ccc(OC)c(OC)c1.I. The molecule has 0 aliphatic heterocycles. The molecule has 0 bridgehead atoms. The second-order valence-corrected chi connectivity index (χ2v) is 5.80. The maximum absolute atomic E-state index is 6.06. The van der Waals surface area contributed by atoms with Crippen molar-refractivity contribution in [2.24, 2.45) is 10.7 Å². The summed E-state index contributed by atoms with van der Waals surface area (Å²) in [5.74, 6) is 2.06. The number of ether oxygens (including phenoxy) is 2. The summed E-state index contributed by atoms with van der Waals surface area (Å²) < 4.78 is 10.7. The average molecular weight is 435 g/mol. The first-order valence-corrected chi connectivity index (χ1v) is 7.67.